The second kappa shape index (κ2) is 10.5. The van der Waals surface area contributed by atoms with Crippen molar-refractivity contribution in [1.82, 2.24) is 9.62 Å². The third-order valence-corrected chi connectivity index (χ3v) is 7.60. The highest BCUT2D eigenvalue weighted by molar-refractivity contribution is 7.89. The van der Waals surface area contributed by atoms with E-state index in [0.717, 1.165) is 5.56 Å². The number of nitrogens with one attached hydrogen (secondary N) is 2. The number of hydrogen-bond donors (Lipinski definition) is 2. The number of carbonyl (C=O) groups is 2. The molecule has 0 aliphatic carbocycles. The zero-order valence-electron chi connectivity index (χ0n) is 19.4. The molecule has 1 aliphatic heterocycles. The summed E-state index contributed by atoms with van der Waals surface area (Å²) in [7, 11) is -3.71. The first-order valence-corrected chi connectivity index (χ1v) is 12.4. The Labute approximate surface area is 195 Å². The first-order chi connectivity index (χ1) is 15.6. The molecule has 8 nitrogen and oxygen atoms in total. The molecule has 1 saturated heterocycles. The molecule has 2 N–H and O–H groups in total. The summed E-state index contributed by atoms with van der Waals surface area (Å²) in [6.45, 7) is 8.57. The van der Waals surface area contributed by atoms with Crippen LogP contribution in [0.15, 0.2) is 47.4 Å². The van der Waals surface area contributed by atoms with Crippen LogP contribution in [0.2, 0.25) is 0 Å². The van der Waals surface area contributed by atoms with E-state index in [1.165, 1.54) is 10.4 Å². The monoisotopic (exact) mass is 473 g/mol. The van der Waals surface area contributed by atoms with Crippen LogP contribution in [0.1, 0.15) is 35.3 Å². The zero-order chi connectivity index (χ0) is 24.2. The molecule has 0 unspecified atom stereocenters. The number of hydrogen-bond acceptors (Lipinski definition) is 5. The highest BCUT2D eigenvalue weighted by atomic mass is 32.2. The summed E-state index contributed by atoms with van der Waals surface area (Å²) >= 11 is 0. The van der Waals surface area contributed by atoms with Gasteiger partial charge in [0.25, 0.3) is 5.91 Å². The van der Waals surface area contributed by atoms with E-state index in [1.54, 1.807) is 37.3 Å². The van der Waals surface area contributed by atoms with Crippen molar-refractivity contribution in [2.45, 2.75) is 38.6 Å². The Morgan fingerprint density at radius 3 is 2.36 bits per heavy atom. The molecule has 1 heterocycles. The van der Waals surface area contributed by atoms with Gasteiger partial charge in [0.2, 0.25) is 15.9 Å². The minimum absolute atomic E-state index is 0.145. The number of morpholine rings is 1. The average molecular weight is 474 g/mol. The quantitative estimate of drug-likeness (QED) is 0.643. The molecule has 3 rings (SSSR count). The largest absolute Gasteiger partial charge is 0.379 e. The summed E-state index contributed by atoms with van der Waals surface area (Å²) < 4.78 is 32.9. The molecule has 178 valence electrons. The van der Waals surface area contributed by atoms with E-state index in [4.69, 9.17) is 4.74 Å². The van der Waals surface area contributed by atoms with Crippen molar-refractivity contribution < 1.29 is 22.7 Å². The molecule has 0 bridgehead atoms. The summed E-state index contributed by atoms with van der Waals surface area (Å²) in [5.74, 6) is -0.933. The molecule has 1 atom stereocenters. The highest BCUT2D eigenvalue weighted by Gasteiger charge is 2.29. The first kappa shape index (κ1) is 24.9. The van der Waals surface area contributed by atoms with Gasteiger partial charge in [-0.25, -0.2) is 8.42 Å². The van der Waals surface area contributed by atoms with Crippen LogP contribution in [0, 0.1) is 19.8 Å². The number of rotatable bonds is 7. The Morgan fingerprint density at radius 2 is 1.73 bits per heavy atom. The normalized spacial score (nSPS) is 15.8. The molecular weight excluding hydrogens is 442 g/mol. The summed E-state index contributed by atoms with van der Waals surface area (Å²) in [6.07, 6.45) is 0. The number of ether oxygens (including phenoxy) is 1. The van der Waals surface area contributed by atoms with E-state index < -0.39 is 22.0 Å². The van der Waals surface area contributed by atoms with E-state index in [1.807, 2.05) is 26.8 Å². The molecule has 9 heteroatoms. The molecule has 0 spiro atoms. The number of sulfonamides is 1. The van der Waals surface area contributed by atoms with Gasteiger partial charge in [-0.1, -0.05) is 37.6 Å². The lowest BCUT2D eigenvalue weighted by Gasteiger charge is -2.27. The van der Waals surface area contributed by atoms with Crippen LogP contribution in [0.3, 0.4) is 0 Å². The van der Waals surface area contributed by atoms with Crippen LogP contribution in [-0.4, -0.2) is 56.9 Å². The number of carbonyl (C=O) groups excluding carboxylic acids is 2. The summed E-state index contributed by atoms with van der Waals surface area (Å²) in [5, 5.41) is 5.57. The van der Waals surface area contributed by atoms with E-state index in [2.05, 4.69) is 10.6 Å². The van der Waals surface area contributed by atoms with Crippen LogP contribution in [0.4, 0.5) is 5.69 Å². The summed E-state index contributed by atoms with van der Waals surface area (Å²) in [6, 6.07) is 11.1. The second-order valence-electron chi connectivity index (χ2n) is 8.55. The van der Waals surface area contributed by atoms with Crippen LogP contribution < -0.4 is 10.6 Å². The summed E-state index contributed by atoms with van der Waals surface area (Å²) in [5.41, 5.74) is 2.37. The van der Waals surface area contributed by atoms with Gasteiger partial charge in [0.05, 0.1) is 18.1 Å². The zero-order valence-corrected chi connectivity index (χ0v) is 20.2. The van der Waals surface area contributed by atoms with Crippen molar-refractivity contribution in [3.05, 3.63) is 59.2 Å². The highest BCUT2D eigenvalue weighted by Crippen LogP contribution is 2.25. The van der Waals surface area contributed by atoms with Crippen LogP contribution in [0.5, 0.6) is 0 Å². The lowest BCUT2D eigenvalue weighted by molar-refractivity contribution is -0.118. The standard InChI is InChI=1S/C24H31N3O5S/c1-16(2)22(26-23(28)19-7-5-6-17(3)14-19)24(29)25-20-9-8-18(4)21(15-20)33(30,31)27-10-12-32-13-11-27/h5-9,14-16,22H,10-13H2,1-4H3,(H,25,29)(H,26,28)/t22-/m0/s1. The molecule has 1 aliphatic rings. The third kappa shape index (κ3) is 5.98. The number of benzene rings is 2. The van der Waals surface area contributed by atoms with E-state index in [9.17, 15) is 18.0 Å². The maximum absolute atomic E-state index is 13.1. The Hall–Kier alpha value is -2.75. The van der Waals surface area contributed by atoms with Gasteiger partial charge in [-0.15, -0.1) is 0 Å². The predicted molar refractivity (Wildman–Crippen MR) is 127 cm³/mol. The molecule has 0 saturated carbocycles. The topological polar surface area (TPSA) is 105 Å². The predicted octanol–water partition coefficient (Wildman–Crippen LogP) is 2.72. The fourth-order valence-corrected chi connectivity index (χ4v) is 5.31. The number of anilines is 1. The third-order valence-electron chi connectivity index (χ3n) is 5.56. The minimum atomic E-state index is -3.71. The van der Waals surface area contributed by atoms with Gasteiger partial charge >= 0.3 is 0 Å². The van der Waals surface area contributed by atoms with Gasteiger partial charge in [0.1, 0.15) is 6.04 Å². The first-order valence-electron chi connectivity index (χ1n) is 11.0. The average Bonchev–Trinajstić information content (AvgIpc) is 2.78. The lowest BCUT2D eigenvalue weighted by atomic mass is 10.0. The second-order valence-corrected chi connectivity index (χ2v) is 10.5. The van der Waals surface area contributed by atoms with Gasteiger partial charge in [-0.05, 0) is 49.6 Å². The molecule has 2 aromatic rings. The van der Waals surface area contributed by atoms with Crippen molar-refractivity contribution >= 4 is 27.5 Å². The van der Waals surface area contributed by atoms with Gasteiger partial charge in [-0.3, -0.25) is 9.59 Å². The SMILES string of the molecule is Cc1cccc(C(=O)N[C@H](C(=O)Nc2ccc(C)c(S(=O)(=O)N3CCOCC3)c2)C(C)C)c1. The molecule has 1 fully saturated rings. The Kier molecular flexibility index (Phi) is 7.88. The Balaban J connectivity index is 1.79. The van der Waals surface area contributed by atoms with Crippen LogP contribution >= 0.6 is 0 Å². The fraction of sp³-hybridized carbons (Fsp3) is 0.417. The van der Waals surface area contributed by atoms with Crippen molar-refractivity contribution in [1.29, 1.82) is 0 Å². The van der Waals surface area contributed by atoms with Gasteiger partial charge < -0.3 is 15.4 Å². The lowest BCUT2D eigenvalue weighted by Crippen LogP contribution is -2.47. The molecule has 0 radical (unpaired) electrons. The van der Waals surface area contributed by atoms with E-state index >= 15 is 0 Å². The van der Waals surface area contributed by atoms with Crippen LogP contribution in [-0.2, 0) is 19.6 Å². The Morgan fingerprint density at radius 1 is 1.03 bits per heavy atom. The maximum Gasteiger partial charge on any atom is 0.251 e. The van der Waals surface area contributed by atoms with Crippen molar-refractivity contribution in [3.63, 3.8) is 0 Å². The van der Waals surface area contributed by atoms with E-state index in [0.29, 0.717) is 43.1 Å². The smallest absolute Gasteiger partial charge is 0.251 e. The van der Waals surface area contributed by atoms with E-state index in [-0.39, 0.29) is 16.7 Å². The summed E-state index contributed by atoms with van der Waals surface area (Å²) in [4.78, 5) is 25.9. The number of aryl methyl sites for hydroxylation is 2. The van der Waals surface area contributed by atoms with Gasteiger partial charge in [0.15, 0.2) is 0 Å². The molecule has 2 aromatic carbocycles. The molecule has 33 heavy (non-hydrogen) atoms. The van der Waals surface area contributed by atoms with Crippen molar-refractivity contribution in [3.8, 4) is 0 Å². The van der Waals surface area contributed by atoms with Crippen molar-refractivity contribution in [2.24, 2.45) is 5.92 Å². The molecule has 2 amide bonds. The van der Waals surface area contributed by atoms with Gasteiger partial charge in [0, 0.05) is 24.3 Å². The van der Waals surface area contributed by atoms with Gasteiger partial charge in [-0.2, -0.15) is 4.31 Å². The Bertz CT molecular complexity index is 1120. The number of amides is 2. The molecular formula is C24H31N3O5S. The number of nitrogens with zero attached hydrogens (tertiary/aromatic N) is 1. The fourth-order valence-electron chi connectivity index (χ4n) is 3.65. The van der Waals surface area contributed by atoms with Crippen LogP contribution in [0.25, 0.3) is 0 Å². The molecule has 0 aromatic heterocycles. The minimum Gasteiger partial charge on any atom is -0.379 e. The van der Waals surface area contributed by atoms with Crippen molar-refractivity contribution in [2.75, 3.05) is 31.6 Å². The maximum atomic E-state index is 13.1.